The highest BCUT2D eigenvalue weighted by molar-refractivity contribution is 5.85. The lowest BCUT2D eigenvalue weighted by atomic mass is 10.2. The van der Waals surface area contributed by atoms with Crippen molar-refractivity contribution in [3.05, 3.63) is 48.0 Å². The van der Waals surface area contributed by atoms with Gasteiger partial charge < -0.3 is 16.6 Å². The first kappa shape index (κ1) is 14.9. The molecule has 0 amide bonds. The van der Waals surface area contributed by atoms with Gasteiger partial charge in [0.05, 0.1) is 18.0 Å². The smallest absolute Gasteiger partial charge is 0.109 e. The van der Waals surface area contributed by atoms with Gasteiger partial charge in [-0.2, -0.15) is 5.11 Å². The zero-order chi connectivity index (χ0) is 13.0. The van der Waals surface area contributed by atoms with Gasteiger partial charge in [-0.15, -0.1) is 17.5 Å². The van der Waals surface area contributed by atoms with Crippen molar-refractivity contribution in [2.45, 2.75) is 6.61 Å². The summed E-state index contributed by atoms with van der Waals surface area (Å²) >= 11 is 0. The van der Waals surface area contributed by atoms with Gasteiger partial charge in [0, 0.05) is 5.69 Å². The summed E-state index contributed by atoms with van der Waals surface area (Å²) in [6.07, 6.45) is 0. The van der Waals surface area contributed by atoms with Crippen LogP contribution in [0.2, 0.25) is 0 Å². The number of aliphatic hydroxyl groups excluding tert-OH is 1. The monoisotopic (exact) mass is 278 g/mol. The molecule has 0 aromatic heterocycles. The molecule has 0 spiro atoms. The first-order valence-corrected chi connectivity index (χ1v) is 5.45. The molecule has 100 valence electrons. The van der Waals surface area contributed by atoms with Crippen LogP contribution in [0.3, 0.4) is 0 Å². The van der Waals surface area contributed by atoms with Gasteiger partial charge in [-0.3, -0.25) is 0 Å². The number of nitrogens with two attached hydrogens (primary N) is 2. The van der Waals surface area contributed by atoms with Gasteiger partial charge in [0.2, 0.25) is 0 Å². The topological polar surface area (TPSA) is 97.0 Å². The molecular weight excluding hydrogens is 264 g/mol. The van der Waals surface area contributed by atoms with E-state index in [1.807, 2.05) is 0 Å². The number of aliphatic hydroxyl groups is 1. The van der Waals surface area contributed by atoms with Gasteiger partial charge >= 0.3 is 0 Å². The normalized spacial score (nSPS) is 10.4. The molecule has 0 aliphatic carbocycles. The SMILES string of the molecule is Cl.Nc1ccc(N=Nc2ccc(CO)cc2)c(N)c1. The van der Waals surface area contributed by atoms with Crippen LogP contribution in [0.5, 0.6) is 0 Å². The summed E-state index contributed by atoms with van der Waals surface area (Å²) in [5.74, 6) is 0. The fraction of sp³-hybridized carbons (Fsp3) is 0.0769. The van der Waals surface area contributed by atoms with Crippen molar-refractivity contribution in [3.63, 3.8) is 0 Å². The van der Waals surface area contributed by atoms with Crippen LogP contribution in [-0.4, -0.2) is 5.11 Å². The molecule has 0 heterocycles. The second-order valence-electron chi connectivity index (χ2n) is 3.84. The van der Waals surface area contributed by atoms with Crippen LogP contribution in [0, 0.1) is 0 Å². The van der Waals surface area contributed by atoms with Gasteiger partial charge in [-0.05, 0) is 35.9 Å². The molecule has 5 nitrogen and oxygen atoms in total. The van der Waals surface area contributed by atoms with Crippen LogP contribution in [-0.2, 0) is 6.61 Å². The molecule has 0 saturated carbocycles. The predicted octanol–water partition coefficient (Wildman–Crippen LogP) is 3.18. The van der Waals surface area contributed by atoms with E-state index in [9.17, 15) is 0 Å². The Kier molecular flexibility index (Phi) is 5.29. The number of benzene rings is 2. The third-order valence-corrected chi connectivity index (χ3v) is 2.44. The zero-order valence-electron chi connectivity index (χ0n) is 10.2. The van der Waals surface area contributed by atoms with Crippen molar-refractivity contribution in [1.29, 1.82) is 0 Å². The molecule has 0 bridgehead atoms. The Hall–Kier alpha value is -2.11. The number of rotatable bonds is 3. The van der Waals surface area contributed by atoms with E-state index in [4.69, 9.17) is 16.6 Å². The minimum absolute atomic E-state index is 0. The quantitative estimate of drug-likeness (QED) is 0.594. The summed E-state index contributed by atoms with van der Waals surface area (Å²) < 4.78 is 0. The fourth-order valence-corrected chi connectivity index (χ4v) is 1.44. The van der Waals surface area contributed by atoms with Crippen molar-refractivity contribution in [2.24, 2.45) is 10.2 Å². The van der Waals surface area contributed by atoms with E-state index < -0.39 is 0 Å². The number of hydrogen-bond donors (Lipinski definition) is 3. The fourth-order valence-electron chi connectivity index (χ4n) is 1.44. The van der Waals surface area contributed by atoms with E-state index in [1.165, 1.54) is 0 Å². The highest BCUT2D eigenvalue weighted by Gasteiger charge is 1.98. The lowest BCUT2D eigenvalue weighted by Crippen LogP contribution is -1.89. The maximum absolute atomic E-state index is 8.92. The molecule has 5 N–H and O–H groups in total. The number of hydrogen-bond acceptors (Lipinski definition) is 5. The molecule has 0 unspecified atom stereocenters. The standard InChI is InChI=1S/C13H14N4O.ClH/c14-10-3-6-13(12(15)7-10)17-16-11-4-1-9(8-18)2-5-11;/h1-7,18H,8,14-15H2;1H. The first-order chi connectivity index (χ1) is 8.69. The summed E-state index contributed by atoms with van der Waals surface area (Å²) in [4.78, 5) is 0. The highest BCUT2D eigenvalue weighted by atomic mass is 35.5. The van der Waals surface area contributed by atoms with Crippen LogP contribution in [0.4, 0.5) is 22.7 Å². The molecule has 19 heavy (non-hydrogen) atoms. The third kappa shape index (κ3) is 3.94. The molecule has 0 atom stereocenters. The molecule has 0 aliphatic rings. The Balaban J connectivity index is 0.00000180. The lowest BCUT2D eigenvalue weighted by molar-refractivity contribution is 0.282. The number of nitrogen functional groups attached to an aromatic ring is 2. The van der Waals surface area contributed by atoms with Crippen LogP contribution in [0.25, 0.3) is 0 Å². The zero-order valence-corrected chi connectivity index (χ0v) is 11.0. The molecule has 0 radical (unpaired) electrons. The maximum Gasteiger partial charge on any atom is 0.109 e. The maximum atomic E-state index is 8.92. The molecular formula is C13H15ClN4O. The third-order valence-electron chi connectivity index (χ3n) is 2.44. The molecule has 6 heteroatoms. The van der Waals surface area contributed by atoms with Gasteiger partial charge in [0.1, 0.15) is 5.69 Å². The first-order valence-electron chi connectivity index (χ1n) is 5.45. The summed E-state index contributed by atoms with van der Waals surface area (Å²) in [5.41, 5.74) is 14.6. The Labute approximate surface area is 117 Å². The molecule has 0 saturated heterocycles. The second-order valence-corrected chi connectivity index (χ2v) is 3.84. The van der Waals surface area contributed by atoms with Gasteiger partial charge in [-0.25, -0.2) is 0 Å². The average Bonchev–Trinajstić information content (AvgIpc) is 2.38. The number of anilines is 2. The predicted molar refractivity (Wildman–Crippen MR) is 79.1 cm³/mol. The number of halogens is 1. The van der Waals surface area contributed by atoms with Gasteiger partial charge in [-0.1, -0.05) is 12.1 Å². The van der Waals surface area contributed by atoms with E-state index in [0.717, 1.165) is 5.56 Å². The van der Waals surface area contributed by atoms with Crippen molar-refractivity contribution in [2.75, 3.05) is 11.5 Å². The van der Waals surface area contributed by atoms with E-state index in [2.05, 4.69) is 10.2 Å². The summed E-state index contributed by atoms with van der Waals surface area (Å²) in [5, 5.41) is 17.0. The summed E-state index contributed by atoms with van der Waals surface area (Å²) in [7, 11) is 0. The van der Waals surface area contributed by atoms with Crippen LogP contribution in [0.1, 0.15) is 5.56 Å². The van der Waals surface area contributed by atoms with Crippen LogP contribution in [0.15, 0.2) is 52.7 Å². The average molecular weight is 279 g/mol. The highest BCUT2D eigenvalue weighted by Crippen LogP contribution is 2.26. The van der Waals surface area contributed by atoms with Crippen molar-refractivity contribution in [1.82, 2.24) is 0 Å². The molecule has 0 aliphatic heterocycles. The number of nitrogens with zero attached hydrogens (tertiary/aromatic N) is 2. The second kappa shape index (κ2) is 6.72. The van der Waals surface area contributed by atoms with Crippen LogP contribution >= 0.6 is 12.4 Å². The molecule has 2 aromatic carbocycles. The van der Waals surface area contributed by atoms with E-state index in [1.54, 1.807) is 42.5 Å². The largest absolute Gasteiger partial charge is 0.399 e. The number of azo groups is 1. The Morgan fingerprint density at radius 2 is 1.63 bits per heavy atom. The Morgan fingerprint density at radius 1 is 0.947 bits per heavy atom. The van der Waals surface area contributed by atoms with Crippen molar-refractivity contribution < 1.29 is 5.11 Å². The summed E-state index contributed by atoms with van der Waals surface area (Å²) in [6.45, 7) is 0.0162. The molecule has 2 rings (SSSR count). The van der Waals surface area contributed by atoms with Gasteiger partial charge in [0.25, 0.3) is 0 Å². The minimum Gasteiger partial charge on any atom is -0.399 e. The summed E-state index contributed by atoms with van der Waals surface area (Å²) in [6, 6.07) is 12.2. The molecule has 2 aromatic rings. The van der Waals surface area contributed by atoms with Crippen LogP contribution < -0.4 is 11.5 Å². The van der Waals surface area contributed by atoms with E-state index in [-0.39, 0.29) is 19.0 Å². The van der Waals surface area contributed by atoms with E-state index in [0.29, 0.717) is 22.7 Å². The van der Waals surface area contributed by atoms with Gasteiger partial charge in [0.15, 0.2) is 0 Å². The van der Waals surface area contributed by atoms with Crippen molar-refractivity contribution >= 4 is 35.2 Å². The van der Waals surface area contributed by atoms with E-state index >= 15 is 0 Å². The Bertz CT molecular complexity index is 569. The molecule has 0 fully saturated rings. The minimum atomic E-state index is 0. The van der Waals surface area contributed by atoms with Crippen molar-refractivity contribution in [3.8, 4) is 0 Å². The lowest BCUT2D eigenvalue weighted by Gasteiger charge is -2.00. The Morgan fingerprint density at radius 3 is 2.21 bits per heavy atom.